The number of aromatic amines is 2. The van der Waals surface area contributed by atoms with Gasteiger partial charge in [0.05, 0.1) is 0 Å². The van der Waals surface area contributed by atoms with E-state index in [-0.39, 0.29) is 0 Å². The van der Waals surface area contributed by atoms with Crippen LogP contribution >= 0.6 is 7.14 Å². The summed E-state index contributed by atoms with van der Waals surface area (Å²) >= 11 is 0. The van der Waals surface area contributed by atoms with Crippen molar-refractivity contribution in [3.05, 3.63) is 174 Å². The van der Waals surface area contributed by atoms with Gasteiger partial charge in [0.15, 0.2) is 7.14 Å². The molecule has 0 spiro atoms. The molecule has 0 amide bonds. The minimum atomic E-state index is -3.09. The lowest BCUT2D eigenvalue weighted by molar-refractivity contribution is 0.593. The summed E-state index contributed by atoms with van der Waals surface area (Å²) in [5.74, 6) is 13.6. The van der Waals surface area contributed by atoms with Gasteiger partial charge >= 0.3 is 0 Å². The molecule has 2 aromatic heterocycles. The van der Waals surface area contributed by atoms with Crippen LogP contribution in [0.15, 0.2) is 152 Å². The largest absolute Gasteiger partial charge is 0.355 e. The van der Waals surface area contributed by atoms with E-state index in [2.05, 4.69) is 119 Å². The fourth-order valence-corrected chi connectivity index (χ4v) is 10.4. The molecule has 9 aromatic rings. The van der Waals surface area contributed by atoms with Crippen LogP contribution in [0, 0.1) is 23.7 Å². The van der Waals surface area contributed by atoms with E-state index in [9.17, 15) is 0 Å². The number of benzene rings is 7. The van der Waals surface area contributed by atoms with Gasteiger partial charge in [-0.1, -0.05) is 90.4 Å². The van der Waals surface area contributed by atoms with E-state index in [0.29, 0.717) is 0 Å². The maximum atomic E-state index is 15.2. The lowest BCUT2D eigenvalue weighted by Crippen LogP contribution is -2.20. The maximum Gasteiger partial charge on any atom is 0.172 e. The van der Waals surface area contributed by atoms with Gasteiger partial charge in [0.2, 0.25) is 0 Å². The van der Waals surface area contributed by atoms with Crippen molar-refractivity contribution in [3.8, 4) is 34.8 Å². The SMILES string of the molecule is O=P1(c2ccccc2)c2ccc(C#Cc3ccc4[nH]c5ccccc5c4c3)cc2-c2cc(C#Cc3ccc4[nH]c5ccccc5c4c3)ccc21. The Balaban J connectivity index is 1.06. The Morgan fingerprint density at radius 1 is 0.380 bits per heavy atom. The van der Waals surface area contributed by atoms with E-state index in [1.807, 2.05) is 66.7 Å². The molecule has 232 valence electrons. The molecule has 4 heteroatoms. The summed E-state index contributed by atoms with van der Waals surface area (Å²) in [5, 5.41) is 7.22. The van der Waals surface area contributed by atoms with Crippen LogP contribution in [-0.2, 0) is 4.57 Å². The molecular formula is C46H27N2OP. The Morgan fingerprint density at radius 2 is 0.780 bits per heavy atom. The molecule has 0 unspecified atom stereocenters. The van der Waals surface area contributed by atoms with Crippen molar-refractivity contribution in [1.82, 2.24) is 9.97 Å². The molecule has 1 aliphatic heterocycles. The molecule has 10 rings (SSSR count). The Bertz CT molecular complexity index is 2850. The molecule has 3 heterocycles. The maximum absolute atomic E-state index is 15.2. The molecular weight excluding hydrogens is 627 g/mol. The molecule has 2 N–H and O–H groups in total. The number of H-pyrrole nitrogens is 2. The molecule has 7 aromatic carbocycles. The van der Waals surface area contributed by atoms with Crippen molar-refractivity contribution in [2.24, 2.45) is 0 Å². The molecule has 50 heavy (non-hydrogen) atoms. The molecule has 3 nitrogen and oxygen atoms in total. The molecule has 0 atom stereocenters. The molecule has 0 aliphatic carbocycles. The summed E-state index contributed by atoms with van der Waals surface area (Å²) in [6, 6.07) is 51.3. The van der Waals surface area contributed by atoms with Gasteiger partial charge in [0.1, 0.15) is 0 Å². The number of hydrogen-bond donors (Lipinski definition) is 2. The van der Waals surface area contributed by atoms with Crippen molar-refractivity contribution < 1.29 is 4.57 Å². The lowest BCUT2D eigenvalue weighted by Gasteiger charge is -2.15. The topological polar surface area (TPSA) is 48.6 Å². The first-order valence-corrected chi connectivity index (χ1v) is 18.3. The van der Waals surface area contributed by atoms with Crippen LogP contribution in [0.3, 0.4) is 0 Å². The van der Waals surface area contributed by atoms with Crippen LogP contribution in [0.2, 0.25) is 0 Å². The minimum Gasteiger partial charge on any atom is -0.355 e. The number of hydrogen-bond acceptors (Lipinski definition) is 1. The third kappa shape index (κ3) is 4.46. The standard InChI is InChI=1S/C46H27N2OP/c49-50(34-8-2-1-3-9-34)45-24-20-32(16-14-30-18-22-43-37(26-30)35-10-4-6-12-41(35)47-43)28-39(45)40-29-33(21-25-46(40)50)17-15-31-19-23-44-38(27-31)36-11-5-7-13-42(36)48-44/h1-13,18-29,47-48H. The molecule has 0 radical (unpaired) electrons. The third-order valence-corrected chi connectivity index (χ3v) is 13.0. The highest BCUT2D eigenvalue weighted by Crippen LogP contribution is 2.52. The quantitative estimate of drug-likeness (QED) is 0.135. The van der Waals surface area contributed by atoms with E-state index in [4.69, 9.17) is 0 Å². The zero-order chi connectivity index (χ0) is 33.2. The fraction of sp³-hybridized carbons (Fsp3) is 0. The minimum absolute atomic E-state index is 0.830. The van der Waals surface area contributed by atoms with E-state index >= 15 is 4.57 Å². The zero-order valence-electron chi connectivity index (χ0n) is 26.8. The van der Waals surface area contributed by atoms with Crippen LogP contribution in [0.4, 0.5) is 0 Å². The first-order valence-electron chi connectivity index (χ1n) is 16.6. The van der Waals surface area contributed by atoms with Crippen molar-refractivity contribution in [1.29, 1.82) is 0 Å². The zero-order valence-corrected chi connectivity index (χ0v) is 27.7. The summed E-state index contributed by atoms with van der Waals surface area (Å²) in [4.78, 5) is 6.97. The Kier molecular flexibility index (Phi) is 6.28. The second kappa shape index (κ2) is 11.0. The highest BCUT2D eigenvalue weighted by atomic mass is 31.2. The molecule has 0 saturated heterocycles. The van der Waals surface area contributed by atoms with Crippen LogP contribution in [0.5, 0.6) is 0 Å². The van der Waals surface area contributed by atoms with E-state index in [0.717, 1.165) is 82.1 Å². The second-order valence-corrected chi connectivity index (χ2v) is 15.5. The molecule has 0 bridgehead atoms. The van der Waals surface area contributed by atoms with Gasteiger partial charge in [-0.05, 0) is 96.1 Å². The third-order valence-electron chi connectivity index (χ3n) is 9.80. The van der Waals surface area contributed by atoms with E-state index in [1.165, 1.54) is 10.8 Å². The Morgan fingerprint density at radius 3 is 1.28 bits per heavy atom. The fourth-order valence-electron chi connectivity index (χ4n) is 7.39. The second-order valence-electron chi connectivity index (χ2n) is 12.8. The first-order chi connectivity index (χ1) is 24.6. The number of para-hydroxylation sites is 2. The number of rotatable bonds is 1. The van der Waals surface area contributed by atoms with Crippen molar-refractivity contribution >= 4 is 66.7 Å². The van der Waals surface area contributed by atoms with Gasteiger partial charge in [-0.2, -0.15) is 0 Å². The predicted octanol–water partition coefficient (Wildman–Crippen LogP) is 9.37. The predicted molar refractivity (Wildman–Crippen MR) is 208 cm³/mol. The van der Waals surface area contributed by atoms with Crippen LogP contribution in [-0.4, -0.2) is 9.97 Å². The van der Waals surface area contributed by atoms with Gasteiger partial charge in [-0.15, -0.1) is 0 Å². The van der Waals surface area contributed by atoms with Gasteiger partial charge in [-0.3, -0.25) is 0 Å². The van der Waals surface area contributed by atoms with Crippen molar-refractivity contribution in [2.75, 3.05) is 0 Å². The molecule has 0 saturated carbocycles. The lowest BCUT2D eigenvalue weighted by atomic mass is 10.0. The Labute approximate surface area is 289 Å². The monoisotopic (exact) mass is 654 g/mol. The van der Waals surface area contributed by atoms with Crippen LogP contribution in [0.25, 0.3) is 54.7 Å². The molecule has 1 aliphatic rings. The first kappa shape index (κ1) is 28.5. The summed E-state index contributed by atoms with van der Waals surface area (Å²) in [5.41, 5.74) is 9.98. The van der Waals surface area contributed by atoms with Crippen molar-refractivity contribution in [2.45, 2.75) is 0 Å². The van der Waals surface area contributed by atoms with Crippen LogP contribution < -0.4 is 15.9 Å². The highest BCUT2D eigenvalue weighted by molar-refractivity contribution is 7.86. The normalized spacial score (nSPS) is 12.7. The molecule has 0 fully saturated rings. The van der Waals surface area contributed by atoms with E-state index in [1.54, 1.807) is 0 Å². The number of aromatic nitrogens is 2. The smallest absolute Gasteiger partial charge is 0.172 e. The highest BCUT2D eigenvalue weighted by Gasteiger charge is 2.40. The van der Waals surface area contributed by atoms with Crippen molar-refractivity contribution in [3.63, 3.8) is 0 Å². The Hall–Kier alpha value is -6.51. The average molecular weight is 655 g/mol. The van der Waals surface area contributed by atoms with Gasteiger partial charge in [-0.25, -0.2) is 0 Å². The summed E-state index contributed by atoms with van der Waals surface area (Å²) < 4.78 is 15.2. The number of nitrogens with one attached hydrogen (secondary N) is 2. The van der Waals surface area contributed by atoms with E-state index < -0.39 is 7.14 Å². The van der Waals surface area contributed by atoms with Gasteiger partial charge in [0.25, 0.3) is 0 Å². The number of fused-ring (bicyclic) bond motifs is 9. The van der Waals surface area contributed by atoms with Gasteiger partial charge < -0.3 is 14.5 Å². The summed E-state index contributed by atoms with van der Waals surface area (Å²) in [7, 11) is -3.09. The summed E-state index contributed by atoms with van der Waals surface area (Å²) in [6.07, 6.45) is 0. The summed E-state index contributed by atoms with van der Waals surface area (Å²) in [6.45, 7) is 0. The van der Waals surface area contributed by atoms with Crippen LogP contribution in [0.1, 0.15) is 22.3 Å². The average Bonchev–Trinajstić information content (AvgIpc) is 3.81. The van der Waals surface area contributed by atoms with Gasteiger partial charge in [0, 0.05) is 81.8 Å².